The van der Waals surface area contributed by atoms with E-state index in [1.807, 2.05) is 39.1 Å². The molecule has 7 aliphatic heterocycles. The van der Waals surface area contributed by atoms with Gasteiger partial charge < -0.3 is 38.5 Å². The number of aromatic hydroxyl groups is 1. The lowest BCUT2D eigenvalue weighted by atomic mass is 9.71. The maximum atomic E-state index is 14.9. The molecule has 0 amide bonds. The van der Waals surface area contributed by atoms with Crippen LogP contribution in [0.3, 0.4) is 0 Å². The SMILES string of the molecule is COc1ccc2[nH]c3c(c2c1)CCN[C@@]31CS[C@@H]2c3c(OC(C)=O)c(C)c4c(c3[C@H](COC1=O)N1[C@@H]2[C@H]2c3c(cc(C)c(OC)c3O)C[C@@H]([C@@H]1C#N)N2C)OCO4. The molecule has 15 heteroatoms. The summed E-state index contributed by atoms with van der Waals surface area (Å²) < 4.78 is 36.4. The highest BCUT2D eigenvalue weighted by Crippen LogP contribution is 2.64. The van der Waals surface area contributed by atoms with E-state index in [9.17, 15) is 20.0 Å². The second-order valence-corrected chi connectivity index (χ2v) is 16.9. The average Bonchev–Trinajstić information content (AvgIpc) is 3.84. The molecule has 0 saturated carbocycles. The van der Waals surface area contributed by atoms with Crippen LogP contribution < -0.4 is 29.0 Å². The first-order chi connectivity index (χ1) is 27.5. The normalized spacial score (nSPS) is 28.5. The largest absolute Gasteiger partial charge is 0.504 e. The van der Waals surface area contributed by atoms with Crippen LogP contribution in [0.1, 0.15) is 68.9 Å². The van der Waals surface area contributed by atoms with E-state index in [0.29, 0.717) is 53.5 Å². The molecule has 1 spiro atoms. The summed E-state index contributed by atoms with van der Waals surface area (Å²) >= 11 is 1.54. The fraction of sp³-hybridized carbons (Fsp3) is 0.452. The van der Waals surface area contributed by atoms with Crippen molar-refractivity contribution in [3.05, 3.63) is 68.9 Å². The zero-order valence-corrected chi connectivity index (χ0v) is 33.3. The maximum absolute atomic E-state index is 14.9. The van der Waals surface area contributed by atoms with Crippen LogP contribution in [-0.2, 0) is 32.7 Å². The number of nitrogens with one attached hydrogen (secondary N) is 2. The zero-order valence-electron chi connectivity index (χ0n) is 32.5. The second-order valence-electron chi connectivity index (χ2n) is 15.8. The molecule has 0 unspecified atom stereocenters. The van der Waals surface area contributed by atoms with E-state index in [1.54, 1.807) is 14.2 Å². The molecule has 4 aromatic rings. The van der Waals surface area contributed by atoms with Crippen molar-refractivity contribution in [2.75, 3.05) is 47.0 Å². The first kappa shape index (κ1) is 36.2. The molecule has 8 heterocycles. The summed E-state index contributed by atoms with van der Waals surface area (Å²) in [5.74, 6) is 1.76. The van der Waals surface area contributed by atoms with E-state index in [4.69, 9.17) is 28.4 Å². The molecule has 0 radical (unpaired) electrons. The minimum absolute atomic E-state index is 0.0447. The molecule has 7 atom stereocenters. The van der Waals surface area contributed by atoms with Gasteiger partial charge in [0.05, 0.1) is 43.3 Å². The highest BCUT2D eigenvalue weighted by atomic mass is 32.2. The quantitative estimate of drug-likeness (QED) is 0.192. The molecule has 57 heavy (non-hydrogen) atoms. The number of piperazine rings is 1. The lowest BCUT2D eigenvalue weighted by Crippen LogP contribution is -2.69. The Labute approximate surface area is 333 Å². The summed E-state index contributed by atoms with van der Waals surface area (Å²) in [6.07, 6.45) is 1.19. The number of rotatable bonds is 3. The van der Waals surface area contributed by atoms with E-state index >= 15 is 0 Å². The topological polar surface area (TPSA) is 168 Å². The molecule has 14 nitrogen and oxygen atoms in total. The Hall–Kier alpha value is -5.14. The third kappa shape index (κ3) is 4.87. The first-order valence-corrected chi connectivity index (χ1v) is 20.2. The van der Waals surface area contributed by atoms with Gasteiger partial charge in [0.2, 0.25) is 6.79 Å². The van der Waals surface area contributed by atoms with E-state index in [-0.39, 0.29) is 30.9 Å². The minimum Gasteiger partial charge on any atom is -0.504 e. The fourth-order valence-corrected chi connectivity index (χ4v) is 12.4. The number of ether oxygens (including phenoxy) is 6. The molecule has 1 aromatic heterocycles. The predicted molar refractivity (Wildman–Crippen MR) is 208 cm³/mol. The van der Waals surface area contributed by atoms with E-state index in [1.165, 1.54) is 18.7 Å². The Kier molecular flexibility index (Phi) is 8.22. The fourth-order valence-electron chi connectivity index (χ4n) is 10.8. The number of carbonyl (C=O) groups is 2. The van der Waals surface area contributed by atoms with Crippen LogP contribution >= 0.6 is 11.8 Å². The number of aryl methyl sites for hydroxylation is 1. The zero-order chi connectivity index (χ0) is 39.7. The van der Waals surface area contributed by atoms with Gasteiger partial charge >= 0.3 is 11.9 Å². The van der Waals surface area contributed by atoms with Crippen LogP contribution in [0.15, 0.2) is 24.3 Å². The van der Waals surface area contributed by atoms with Crippen LogP contribution in [0, 0.1) is 25.2 Å². The number of phenols is 1. The summed E-state index contributed by atoms with van der Waals surface area (Å²) in [4.78, 5) is 35.9. The van der Waals surface area contributed by atoms with Gasteiger partial charge in [-0.1, -0.05) is 6.07 Å². The number of likely N-dealkylation sites (N-methyl/N-ethyl adjacent to an activating group) is 1. The van der Waals surface area contributed by atoms with Crippen LogP contribution in [0.2, 0.25) is 0 Å². The first-order valence-electron chi connectivity index (χ1n) is 19.2. The molecule has 0 aliphatic carbocycles. The number of esters is 2. The molecule has 3 aromatic carbocycles. The maximum Gasteiger partial charge on any atom is 0.333 e. The number of nitrogens with zero attached hydrogens (tertiary/aromatic N) is 3. The molecule has 2 fully saturated rings. The Morgan fingerprint density at radius 2 is 1.89 bits per heavy atom. The van der Waals surface area contributed by atoms with Crippen molar-refractivity contribution in [2.24, 2.45) is 0 Å². The number of thioether (sulfide) groups is 1. The number of aromatic amines is 1. The molecule has 11 rings (SSSR count). The van der Waals surface area contributed by atoms with Crippen molar-refractivity contribution in [1.82, 2.24) is 20.1 Å². The van der Waals surface area contributed by atoms with Gasteiger partial charge in [-0.25, -0.2) is 4.79 Å². The molecule has 296 valence electrons. The minimum atomic E-state index is -1.29. The van der Waals surface area contributed by atoms with Crippen LogP contribution in [-0.4, -0.2) is 96.9 Å². The number of carbonyl (C=O) groups excluding carboxylic acids is 2. The van der Waals surface area contributed by atoms with Gasteiger partial charge in [0.15, 0.2) is 28.5 Å². The highest BCUT2D eigenvalue weighted by molar-refractivity contribution is 7.99. The van der Waals surface area contributed by atoms with Gasteiger partial charge in [-0.05, 0) is 68.6 Å². The lowest BCUT2D eigenvalue weighted by Gasteiger charge is -2.62. The van der Waals surface area contributed by atoms with Gasteiger partial charge in [0, 0.05) is 64.5 Å². The highest BCUT2D eigenvalue weighted by Gasteiger charge is 2.62. The van der Waals surface area contributed by atoms with Crippen molar-refractivity contribution in [3.8, 4) is 40.6 Å². The van der Waals surface area contributed by atoms with Gasteiger partial charge in [0.25, 0.3) is 0 Å². The Morgan fingerprint density at radius 1 is 1.09 bits per heavy atom. The Morgan fingerprint density at radius 3 is 2.65 bits per heavy atom. The smallest absolute Gasteiger partial charge is 0.333 e. The molecule has 4 bridgehead atoms. The molecule has 3 N–H and O–H groups in total. The monoisotopic (exact) mass is 793 g/mol. The summed E-state index contributed by atoms with van der Waals surface area (Å²) in [6.45, 7) is 5.48. The number of fused-ring (bicyclic) bond motifs is 11. The Bertz CT molecular complexity index is 2460. The molecular weight excluding hydrogens is 751 g/mol. The van der Waals surface area contributed by atoms with Crippen molar-refractivity contribution in [2.45, 2.75) is 74.6 Å². The van der Waals surface area contributed by atoms with Gasteiger partial charge in [0.1, 0.15) is 24.1 Å². The van der Waals surface area contributed by atoms with Crippen molar-refractivity contribution in [3.63, 3.8) is 0 Å². The van der Waals surface area contributed by atoms with Crippen molar-refractivity contribution >= 4 is 34.6 Å². The van der Waals surface area contributed by atoms with Gasteiger partial charge in [-0.3, -0.25) is 19.9 Å². The number of aromatic nitrogens is 1. The van der Waals surface area contributed by atoms with E-state index < -0.39 is 46.9 Å². The van der Waals surface area contributed by atoms with E-state index in [2.05, 4.69) is 32.2 Å². The van der Waals surface area contributed by atoms with Crippen molar-refractivity contribution < 1.29 is 43.1 Å². The summed E-state index contributed by atoms with van der Waals surface area (Å²) in [7, 11) is 5.20. The van der Waals surface area contributed by atoms with Crippen LogP contribution in [0.25, 0.3) is 10.9 Å². The standard InChI is InChI=1S/C42H43N5O9S/c1-18-11-21-12-26-27(14-43)47-28-15-53-41(50)42(40-23(9-10-44-42)24-13-22(51-5)7-8-25(24)45-40)16-57-39(33(47)32(46(26)4)29(21)34(49)35(18)52-6)31-30(28)38-37(54-17-55-38)19(2)36(31)56-20(3)48/h7-8,11,13,26-28,32-33,39,44-45,49H,9-10,12,15-17H2,1-6H3/t26-,27-,28-,32+,33+,39+,42-/m0/s1. The number of H-pyrrole nitrogens is 1. The number of hydrogen-bond acceptors (Lipinski definition) is 14. The Balaban J connectivity index is 1.24. The second kappa shape index (κ2) is 12.9. The van der Waals surface area contributed by atoms with Gasteiger partial charge in [-0.15, -0.1) is 11.8 Å². The number of benzene rings is 3. The number of nitriles is 1. The number of hydrogen-bond donors (Lipinski definition) is 3. The van der Waals surface area contributed by atoms with E-state index in [0.717, 1.165) is 50.2 Å². The van der Waals surface area contributed by atoms with Crippen LogP contribution in [0.4, 0.5) is 0 Å². The summed E-state index contributed by atoms with van der Waals surface area (Å²) in [6, 6.07) is 7.96. The van der Waals surface area contributed by atoms with Crippen molar-refractivity contribution in [1.29, 1.82) is 5.26 Å². The number of methoxy groups -OCH3 is 2. The molecular formula is C42H43N5O9S. The third-order valence-electron chi connectivity index (χ3n) is 13.1. The summed E-state index contributed by atoms with van der Waals surface area (Å²) in [5, 5.41) is 27.3. The van der Waals surface area contributed by atoms with Crippen LogP contribution in [0.5, 0.6) is 34.5 Å². The molecule has 2 saturated heterocycles. The lowest BCUT2D eigenvalue weighted by molar-refractivity contribution is -0.157. The number of phenolic OH excluding ortho intramolecular Hbond substituents is 1. The third-order valence-corrected chi connectivity index (χ3v) is 14.6. The summed E-state index contributed by atoms with van der Waals surface area (Å²) in [5.41, 5.74) is 5.85. The average molecular weight is 794 g/mol. The molecule has 7 aliphatic rings. The van der Waals surface area contributed by atoms with Gasteiger partial charge in [-0.2, -0.15) is 5.26 Å². The predicted octanol–water partition coefficient (Wildman–Crippen LogP) is 4.76.